The number of hydrogen-bond donors (Lipinski definition) is 1. The minimum absolute atomic E-state index is 0.0122. The second kappa shape index (κ2) is 6.36. The van der Waals surface area contributed by atoms with Gasteiger partial charge in [-0.25, -0.2) is 8.42 Å². The van der Waals surface area contributed by atoms with Gasteiger partial charge in [0.1, 0.15) is 5.76 Å². The van der Waals surface area contributed by atoms with Crippen molar-refractivity contribution in [3.05, 3.63) is 17.9 Å². The Hall–Kier alpha value is -0.850. The summed E-state index contributed by atoms with van der Waals surface area (Å²) in [7, 11) is -1.94. The summed E-state index contributed by atoms with van der Waals surface area (Å²) in [5.41, 5.74) is 0. The van der Waals surface area contributed by atoms with E-state index in [2.05, 4.69) is 5.32 Å². The van der Waals surface area contributed by atoms with Gasteiger partial charge in [-0.05, 0) is 32.0 Å². The molecule has 1 heterocycles. The van der Waals surface area contributed by atoms with Crippen LogP contribution < -0.4 is 5.32 Å². The molecule has 0 saturated carbocycles. The third-order valence-electron chi connectivity index (χ3n) is 3.03. The standard InChI is InChI=1S/C12H22N2O3S/c1-5-10(3)14(4)18(15,16)12-8-7-11(17-12)9-13-6-2/h7-8,10,13H,5-6,9H2,1-4H3. The zero-order chi connectivity index (χ0) is 13.8. The largest absolute Gasteiger partial charge is 0.447 e. The van der Waals surface area contributed by atoms with Crippen LogP contribution in [0.2, 0.25) is 0 Å². The molecule has 0 aromatic carbocycles. The molecule has 1 aromatic heterocycles. The molecule has 0 aliphatic heterocycles. The average Bonchev–Trinajstić information content (AvgIpc) is 2.83. The van der Waals surface area contributed by atoms with Crippen molar-refractivity contribution in [2.24, 2.45) is 0 Å². The molecule has 0 spiro atoms. The number of hydrogen-bond acceptors (Lipinski definition) is 4. The summed E-state index contributed by atoms with van der Waals surface area (Å²) in [6.07, 6.45) is 0.765. The Morgan fingerprint density at radius 2 is 2.06 bits per heavy atom. The Morgan fingerprint density at radius 3 is 2.61 bits per heavy atom. The van der Waals surface area contributed by atoms with Crippen LogP contribution in [0.1, 0.15) is 33.0 Å². The molecule has 0 bridgehead atoms. The molecular weight excluding hydrogens is 252 g/mol. The minimum atomic E-state index is -3.52. The molecule has 1 rings (SSSR count). The number of furan rings is 1. The predicted molar refractivity (Wildman–Crippen MR) is 70.8 cm³/mol. The van der Waals surface area contributed by atoms with E-state index in [1.165, 1.54) is 10.4 Å². The first kappa shape index (κ1) is 15.2. The fourth-order valence-electron chi connectivity index (χ4n) is 1.48. The highest BCUT2D eigenvalue weighted by Crippen LogP contribution is 2.20. The molecule has 1 atom stereocenters. The first-order chi connectivity index (χ1) is 8.43. The van der Waals surface area contributed by atoms with Crippen LogP contribution in [0.25, 0.3) is 0 Å². The summed E-state index contributed by atoms with van der Waals surface area (Å²) in [6.45, 7) is 7.17. The molecule has 1 N–H and O–H groups in total. The van der Waals surface area contributed by atoms with Crippen LogP contribution >= 0.6 is 0 Å². The minimum Gasteiger partial charge on any atom is -0.447 e. The number of sulfonamides is 1. The second-order valence-corrected chi connectivity index (χ2v) is 6.21. The van der Waals surface area contributed by atoms with Gasteiger partial charge in [-0.15, -0.1) is 0 Å². The van der Waals surface area contributed by atoms with Gasteiger partial charge in [0.2, 0.25) is 5.09 Å². The van der Waals surface area contributed by atoms with Gasteiger partial charge >= 0.3 is 0 Å². The van der Waals surface area contributed by atoms with Crippen molar-refractivity contribution in [1.29, 1.82) is 0 Å². The van der Waals surface area contributed by atoms with Gasteiger partial charge in [-0.3, -0.25) is 0 Å². The van der Waals surface area contributed by atoms with Crippen molar-refractivity contribution in [2.45, 2.75) is 44.9 Å². The van der Waals surface area contributed by atoms with E-state index in [9.17, 15) is 8.42 Å². The Kier molecular flexibility index (Phi) is 5.37. The molecule has 1 aromatic rings. The van der Waals surface area contributed by atoms with Gasteiger partial charge in [-0.2, -0.15) is 4.31 Å². The lowest BCUT2D eigenvalue weighted by Gasteiger charge is -2.21. The van der Waals surface area contributed by atoms with Crippen molar-refractivity contribution in [3.8, 4) is 0 Å². The SMILES string of the molecule is CCNCc1ccc(S(=O)(=O)N(C)C(C)CC)o1. The Balaban J connectivity index is 2.88. The Morgan fingerprint density at radius 1 is 1.39 bits per heavy atom. The third kappa shape index (κ3) is 3.34. The highest BCUT2D eigenvalue weighted by atomic mass is 32.2. The molecule has 0 aliphatic rings. The van der Waals surface area contributed by atoms with Crippen LogP contribution in [-0.4, -0.2) is 32.4 Å². The summed E-state index contributed by atoms with van der Waals surface area (Å²) in [6, 6.07) is 3.17. The normalized spacial score (nSPS) is 14.1. The van der Waals surface area contributed by atoms with Crippen molar-refractivity contribution in [2.75, 3.05) is 13.6 Å². The topological polar surface area (TPSA) is 62.6 Å². The summed E-state index contributed by atoms with van der Waals surface area (Å²) in [4.78, 5) is 0. The molecule has 5 nitrogen and oxygen atoms in total. The lowest BCUT2D eigenvalue weighted by Crippen LogP contribution is -2.34. The van der Waals surface area contributed by atoms with Crippen molar-refractivity contribution in [1.82, 2.24) is 9.62 Å². The van der Waals surface area contributed by atoms with E-state index in [4.69, 9.17) is 4.42 Å². The van der Waals surface area contributed by atoms with Gasteiger partial charge in [0.15, 0.2) is 0 Å². The fraction of sp³-hybridized carbons (Fsp3) is 0.667. The molecule has 0 fully saturated rings. The predicted octanol–water partition coefficient (Wildman–Crippen LogP) is 1.81. The van der Waals surface area contributed by atoms with E-state index >= 15 is 0 Å². The summed E-state index contributed by atoms with van der Waals surface area (Å²) >= 11 is 0. The highest BCUT2D eigenvalue weighted by Gasteiger charge is 2.27. The van der Waals surface area contributed by atoms with Crippen molar-refractivity contribution < 1.29 is 12.8 Å². The highest BCUT2D eigenvalue weighted by molar-refractivity contribution is 7.89. The molecule has 0 aliphatic carbocycles. The quantitative estimate of drug-likeness (QED) is 0.823. The van der Waals surface area contributed by atoms with Gasteiger partial charge in [0, 0.05) is 13.1 Å². The first-order valence-electron chi connectivity index (χ1n) is 6.20. The van der Waals surface area contributed by atoms with Crippen LogP contribution in [0.5, 0.6) is 0 Å². The number of nitrogens with one attached hydrogen (secondary N) is 1. The molecular formula is C12H22N2O3S. The Labute approximate surface area is 109 Å². The van der Waals surface area contributed by atoms with E-state index in [-0.39, 0.29) is 11.1 Å². The third-order valence-corrected chi connectivity index (χ3v) is 4.88. The van der Waals surface area contributed by atoms with Crippen molar-refractivity contribution >= 4 is 10.0 Å². The average molecular weight is 274 g/mol. The van der Waals surface area contributed by atoms with E-state index in [0.29, 0.717) is 12.3 Å². The maximum atomic E-state index is 12.2. The summed E-state index contributed by atoms with van der Waals surface area (Å²) in [5.74, 6) is 0.632. The van der Waals surface area contributed by atoms with Crippen molar-refractivity contribution in [3.63, 3.8) is 0 Å². The molecule has 104 valence electrons. The van der Waals surface area contributed by atoms with E-state index in [1.54, 1.807) is 13.1 Å². The molecule has 6 heteroatoms. The molecule has 0 saturated heterocycles. The molecule has 0 amide bonds. The molecule has 1 unspecified atom stereocenters. The van der Waals surface area contributed by atoms with Gasteiger partial charge in [-0.1, -0.05) is 13.8 Å². The maximum absolute atomic E-state index is 12.2. The summed E-state index contributed by atoms with van der Waals surface area (Å²) < 4.78 is 31.2. The number of nitrogens with zero attached hydrogens (tertiary/aromatic N) is 1. The van der Waals surface area contributed by atoms with Crippen LogP contribution in [-0.2, 0) is 16.6 Å². The fourth-order valence-corrected chi connectivity index (χ4v) is 2.84. The summed E-state index contributed by atoms with van der Waals surface area (Å²) in [5, 5.41) is 3.10. The van der Waals surface area contributed by atoms with Crippen LogP contribution in [0.4, 0.5) is 0 Å². The molecule has 18 heavy (non-hydrogen) atoms. The second-order valence-electron chi connectivity index (χ2n) is 4.28. The zero-order valence-corrected chi connectivity index (χ0v) is 12.3. The molecule has 0 radical (unpaired) electrons. The van der Waals surface area contributed by atoms with E-state index < -0.39 is 10.0 Å². The van der Waals surface area contributed by atoms with Gasteiger partial charge in [0.05, 0.1) is 6.54 Å². The van der Waals surface area contributed by atoms with Gasteiger partial charge < -0.3 is 9.73 Å². The van der Waals surface area contributed by atoms with Crippen LogP contribution in [0.15, 0.2) is 21.6 Å². The zero-order valence-electron chi connectivity index (χ0n) is 11.4. The van der Waals surface area contributed by atoms with Crippen LogP contribution in [0.3, 0.4) is 0 Å². The first-order valence-corrected chi connectivity index (χ1v) is 7.64. The van der Waals surface area contributed by atoms with E-state index in [0.717, 1.165) is 13.0 Å². The number of rotatable bonds is 7. The lowest BCUT2D eigenvalue weighted by atomic mass is 10.3. The maximum Gasteiger partial charge on any atom is 0.276 e. The monoisotopic (exact) mass is 274 g/mol. The van der Waals surface area contributed by atoms with Crippen LogP contribution in [0, 0.1) is 0 Å². The smallest absolute Gasteiger partial charge is 0.276 e. The van der Waals surface area contributed by atoms with Gasteiger partial charge in [0.25, 0.3) is 10.0 Å². The lowest BCUT2D eigenvalue weighted by molar-refractivity contribution is 0.348. The Bertz CT molecular complexity index is 467. The van der Waals surface area contributed by atoms with E-state index in [1.807, 2.05) is 20.8 Å².